The Labute approximate surface area is 148 Å². The van der Waals surface area contributed by atoms with Crippen molar-refractivity contribution < 1.29 is 9.53 Å². The lowest BCUT2D eigenvalue weighted by Gasteiger charge is -2.17. The number of hydrogen-bond acceptors (Lipinski definition) is 7. The molecule has 1 amide bonds. The van der Waals surface area contributed by atoms with Gasteiger partial charge in [0.05, 0.1) is 10.9 Å². The molecular weight excluding hydrogens is 338 g/mol. The summed E-state index contributed by atoms with van der Waals surface area (Å²) in [6, 6.07) is 7.67. The maximum absolute atomic E-state index is 12.0. The summed E-state index contributed by atoms with van der Waals surface area (Å²) in [6.45, 7) is 1.77. The SMILES string of the molecule is O=C(COc1nc(N2CCCC2)nc2ccccc12)Nc1nccs1. The Hall–Kier alpha value is -2.74. The number of aromatic nitrogens is 3. The van der Waals surface area contributed by atoms with Crippen LogP contribution >= 0.6 is 11.3 Å². The van der Waals surface area contributed by atoms with E-state index >= 15 is 0 Å². The fourth-order valence-electron chi connectivity index (χ4n) is 2.78. The summed E-state index contributed by atoms with van der Waals surface area (Å²) < 4.78 is 5.72. The highest BCUT2D eigenvalue weighted by Gasteiger charge is 2.18. The van der Waals surface area contributed by atoms with Crippen molar-refractivity contribution in [3.8, 4) is 5.88 Å². The van der Waals surface area contributed by atoms with Crippen molar-refractivity contribution in [3.05, 3.63) is 35.8 Å². The Morgan fingerprint density at radius 3 is 2.88 bits per heavy atom. The molecule has 0 spiro atoms. The number of nitrogens with one attached hydrogen (secondary N) is 1. The molecule has 1 aliphatic heterocycles. The molecule has 1 aromatic carbocycles. The fraction of sp³-hybridized carbons (Fsp3) is 0.294. The maximum Gasteiger partial charge on any atom is 0.264 e. The lowest BCUT2D eigenvalue weighted by Crippen LogP contribution is -2.22. The van der Waals surface area contributed by atoms with Gasteiger partial charge >= 0.3 is 0 Å². The van der Waals surface area contributed by atoms with Gasteiger partial charge in [-0.1, -0.05) is 12.1 Å². The molecule has 0 bridgehead atoms. The number of thiazole rings is 1. The van der Waals surface area contributed by atoms with E-state index in [2.05, 4.69) is 25.2 Å². The number of ether oxygens (including phenoxy) is 1. The van der Waals surface area contributed by atoms with Crippen LogP contribution in [-0.2, 0) is 4.79 Å². The summed E-state index contributed by atoms with van der Waals surface area (Å²) in [5.41, 5.74) is 0.815. The van der Waals surface area contributed by atoms with E-state index in [0.29, 0.717) is 17.0 Å². The molecule has 0 unspecified atom stereocenters. The summed E-state index contributed by atoms with van der Waals surface area (Å²) in [5.74, 6) is 0.827. The van der Waals surface area contributed by atoms with Gasteiger partial charge in [-0.05, 0) is 25.0 Å². The van der Waals surface area contributed by atoms with E-state index in [1.165, 1.54) is 11.3 Å². The van der Waals surface area contributed by atoms with Crippen molar-refractivity contribution in [2.75, 3.05) is 29.9 Å². The van der Waals surface area contributed by atoms with E-state index < -0.39 is 0 Å². The summed E-state index contributed by atoms with van der Waals surface area (Å²) in [4.78, 5) is 27.4. The Bertz CT molecular complexity index is 878. The van der Waals surface area contributed by atoms with Crippen LogP contribution in [0.1, 0.15) is 12.8 Å². The first kappa shape index (κ1) is 15.8. The van der Waals surface area contributed by atoms with E-state index in [9.17, 15) is 4.79 Å². The first-order valence-corrected chi connectivity index (χ1v) is 9.01. The Morgan fingerprint density at radius 1 is 1.24 bits per heavy atom. The smallest absolute Gasteiger partial charge is 0.264 e. The molecular formula is C17H17N5O2S. The van der Waals surface area contributed by atoms with Crippen LogP contribution in [0, 0.1) is 0 Å². The third kappa shape index (κ3) is 3.53. The summed E-state index contributed by atoms with van der Waals surface area (Å²) >= 11 is 1.36. The average Bonchev–Trinajstić information content (AvgIpc) is 3.33. The maximum atomic E-state index is 12.0. The molecule has 1 saturated heterocycles. The van der Waals surface area contributed by atoms with Crippen LogP contribution in [0.4, 0.5) is 11.1 Å². The molecule has 1 fully saturated rings. The minimum atomic E-state index is -0.264. The van der Waals surface area contributed by atoms with E-state index in [-0.39, 0.29) is 12.5 Å². The molecule has 0 atom stereocenters. The zero-order valence-electron chi connectivity index (χ0n) is 13.5. The van der Waals surface area contributed by atoms with Crippen molar-refractivity contribution >= 4 is 39.2 Å². The van der Waals surface area contributed by atoms with Gasteiger partial charge in [-0.15, -0.1) is 11.3 Å². The molecule has 3 heterocycles. The Morgan fingerprint density at radius 2 is 2.08 bits per heavy atom. The molecule has 1 N–H and O–H groups in total. The average molecular weight is 355 g/mol. The van der Waals surface area contributed by atoms with Crippen LogP contribution in [0.25, 0.3) is 10.9 Å². The fourth-order valence-corrected chi connectivity index (χ4v) is 3.32. The lowest BCUT2D eigenvalue weighted by molar-refractivity contribution is -0.118. The number of fused-ring (bicyclic) bond motifs is 1. The first-order valence-electron chi connectivity index (χ1n) is 8.13. The van der Waals surface area contributed by atoms with E-state index in [0.717, 1.165) is 36.8 Å². The van der Waals surface area contributed by atoms with Gasteiger partial charge in [-0.3, -0.25) is 10.1 Å². The monoisotopic (exact) mass is 355 g/mol. The van der Waals surface area contributed by atoms with Gasteiger partial charge in [-0.2, -0.15) is 4.98 Å². The van der Waals surface area contributed by atoms with Crippen LogP contribution in [0.5, 0.6) is 5.88 Å². The standard InChI is InChI=1S/C17H17N5O2S/c23-14(20-17-18-7-10-25-17)11-24-15-12-5-1-2-6-13(12)19-16(21-15)22-8-3-4-9-22/h1-2,5-7,10H,3-4,8-9,11H2,(H,18,20,23). The molecule has 3 aromatic rings. The molecule has 0 aliphatic carbocycles. The summed E-state index contributed by atoms with van der Waals surface area (Å²) in [6.07, 6.45) is 3.92. The Kier molecular flexibility index (Phi) is 4.43. The molecule has 128 valence electrons. The number of nitrogens with zero attached hydrogens (tertiary/aromatic N) is 4. The highest BCUT2D eigenvalue weighted by Crippen LogP contribution is 2.26. The normalized spacial score (nSPS) is 14.0. The third-order valence-corrected chi connectivity index (χ3v) is 4.65. The molecule has 1 aliphatic rings. The largest absolute Gasteiger partial charge is 0.467 e. The minimum absolute atomic E-state index is 0.125. The Balaban J connectivity index is 1.55. The predicted octanol–water partition coefficient (Wildman–Crippen LogP) is 2.70. The van der Waals surface area contributed by atoms with Gasteiger partial charge in [-0.25, -0.2) is 9.97 Å². The highest BCUT2D eigenvalue weighted by atomic mass is 32.1. The van der Waals surface area contributed by atoms with Gasteiger partial charge in [0.2, 0.25) is 11.8 Å². The number of hydrogen-bond donors (Lipinski definition) is 1. The molecule has 2 aromatic heterocycles. The molecule has 0 saturated carbocycles. The summed E-state index contributed by atoms with van der Waals surface area (Å²) in [5, 5.41) is 5.86. The second-order valence-electron chi connectivity index (χ2n) is 5.71. The molecule has 25 heavy (non-hydrogen) atoms. The third-order valence-electron chi connectivity index (χ3n) is 3.96. The zero-order chi connectivity index (χ0) is 17.1. The van der Waals surface area contributed by atoms with Crippen LogP contribution < -0.4 is 15.0 Å². The van der Waals surface area contributed by atoms with E-state index in [1.54, 1.807) is 11.6 Å². The lowest BCUT2D eigenvalue weighted by atomic mass is 10.2. The second-order valence-corrected chi connectivity index (χ2v) is 6.61. The van der Waals surface area contributed by atoms with Crippen molar-refractivity contribution in [2.45, 2.75) is 12.8 Å². The number of carbonyl (C=O) groups excluding carboxylic acids is 1. The zero-order valence-corrected chi connectivity index (χ0v) is 14.3. The van der Waals surface area contributed by atoms with Crippen LogP contribution in [0.15, 0.2) is 35.8 Å². The second kappa shape index (κ2) is 7.02. The molecule has 8 heteroatoms. The molecule has 4 rings (SSSR count). The van der Waals surface area contributed by atoms with Gasteiger partial charge in [0, 0.05) is 24.7 Å². The predicted molar refractivity (Wildman–Crippen MR) is 97.2 cm³/mol. The van der Waals surface area contributed by atoms with E-state index in [1.807, 2.05) is 24.3 Å². The molecule has 7 nitrogen and oxygen atoms in total. The quantitative estimate of drug-likeness (QED) is 0.758. The highest BCUT2D eigenvalue weighted by molar-refractivity contribution is 7.13. The number of amides is 1. The number of rotatable bonds is 5. The van der Waals surface area contributed by atoms with Crippen molar-refractivity contribution in [3.63, 3.8) is 0 Å². The van der Waals surface area contributed by atoms with E-state index in [4.69, 9.17) is 4.74 Å². The van der Waals surface area contributed by atoms with Gasteiger partial charge in [0.1, 0.15) is 0 Å². The number of anilines is 2. The summed E-state index contributed by atoms with van der Waals surface area (Å²) in [7, 11) is 0. The topological polar surface area (TPSA) is 80.2 Å². The van der Waals surface area contributed by atoms with Crippen molar-refractivity contribution in [2.24, 2.45) is 0 Å². The first-order chi connectivity index (χ1) is 12.3. The number of para-hydroxylation sites is 1. The van der Waals surface area contributed by atoms with Gasteiger partial charge in [0.25, 0.3) is 5.91 Å². The molecule has 0 radical (unpaired) electrons. The van der Waals surface area contributed by atoms with Crippen LogP contribution in [0.3, 0.4) is 0 Å². The van der Waals surface area contributed by atoms with Crippen LogP contribution in [0.2, 0.25) is 0 Å². The van der Waals surface area contributed by atoms with Crippen LogP contribution in [-0.4, -0.2) is 40.6 Å². The van der Waals surface area contributed by atoms with Gasteiger partial charge in [0.15, 0.2) is 11.7 Å². The van der Waals surface area contributed by atoms with Crippen molar-refractivity contribution in [1.82, 2.24) is 15.0 Å². The number of benzene rings is 1. The van der Waals surface area contributed by atoms with Gasteiger partial charge < -0.3 is 9.64 Å². The minimum Gasteiger partial charge on any atom is -0.467 e. The number of carbonyl (C=O) groups is 1. The van der Waals surface area contributed by atoms with Crippen molar-refractivity contribution in [1.29, 1.82) is 0 Å².